The molecule has 2 fully saturated rings. The molecule has 2 heteroatoms. The number of nitrogens with zero attached hydrogens (tertiary/aromatic N) is 2. The number of fused-ring (bicyclic) bond motifs is 1. The van der Waals surface area contributed by atoms with Crippen LogP contribution in [0.15, 0.2) is 0 Å². The summed E-state index contributed by atoms with van der Waals surface area (Å²) in [6, 6.07) is 0. The van der Waals surface area contributed by atoms with Gasteiger partial charge in [0.25, 0.3) is 0 Å². The summed E-state index contributed by atoms with van der Waals surface area (Å²) in [5, 5.41) is 0. The molecule has 2 saturated heterocycles. The molecule has 0 radical (unpaired) electrons. The van der Waals surface area contributed by atoms with Gasteiger partial charge in [-0.15, -0.1) is 0 Å². The van der Waals surface area contributed by atoms with Gasteiger partial charge in [-0.2, -0.15) is 0 Å². The van der Waals surface area contributed by atoms with Crippen molar-refractivity contribution in [1.82, 2.24) is 9.80 Å². The molecule has 12 heavy (non-hydrogen) atoms. The van der Waals surface area contributed by atoms with E-state index in [0.717, 1.165) is 11.8 Å². The molecule has 0 saturated carbocycles. The van der Waals surface area contributed by atoms with Crippen LogP contribution < -0.4 is 0 Å². The Balaban J connectivity index is 1.95. The molecule has 0 N–H and O–H groups in total. The van der Waals surface area contributed by atoms with E-state index in [0.29, 0.717) is 0 Å². The van der Waals surface area contributed by atoms with Crippen molar-refractivity contribution in [1.29, 1.82) is 0 Å². The zero-order valence-electron chi connectivity index (χ0n) is 8.29. The summed E-state index contributed by atoms with van der Waals surface area (Å²) in [6.07, 6.45) is 2.84. The molecule has 0 aromatic heterocycles. The third-order valence-electron chi connectivity index (χ3n) is 3.52. The van der Waals surface area contributed by atoms with Crippen molar-refractivity contribution in [2.75, 3.05) is 40.3 Å². The zero-order valence-corrected chi connectivity index (χ0v) is 8.29. The van der Waals surface area contributed by atoms with Crippen LogP contribution in [0, 0.1) is 11.8 Å². The summed E-state index contributed by atoms with van der Waals surface area (Å²) in [5.41, 5.74) is 0. The average Bonchev–Trinajstić information content (AvgIpc) is 2.31. The second kappa shape index (κ2) is 3.35. The largest absolute Gasteiger partial charge is 0.306 e. The van der Waals surface area contributed by atoms with Gasteiger partial charge in [0.05, 0.1) is 0 Å². The van der Waals surface area contributed by atoms with Crippen LogP contribution in [-0.2, 0) is 0 Å². The van der Waals surface area contributed by atoms with Crippen molar-refractivity contribution in [3.63, 3.8) is 0 Å². The fourth-order valence-electron chi connectivity index (χ4n) is 2.71. The van der Waals surface area contributed by atoms with Crippen molar-refractivity contribution < 1.29 is 0 Å². The van der Waals surface area contributed by atoms with Crippen molar-refractivity contribution >= 4 is 0 Å². The number of hydrogen-bond donors (Lipinski definition) is 0. The van der Waals surface area contributed by atoms with E-state index >= 15 is 0 Å². The zero-order chi connectivity index (χ0) is 8.55. The lowest BCUT2D eigenvalue weighted by Crippen LogP contribution is -2.22. The molecule has 0 aromatic rings. The minimum atomic E-state index is 1.000. The summed E-state index contributed by atoms with van der Waals surface area (Å²) >= 11 is 0. The van der Waals surface area contributed by atoms with Crippen LogP contribution in [0.1, 0.15) is 12.8 Å². The Morgan fingerprint density at radius 3 is 1.83 bits per heavy atom. The summed E-state index contributed by atoms with van der Waals surface area (Å²) < 4.78 is 0. The Kier molecular flexibility index (Phi) is 2.37. The van der Waals surface area contributed by atoms with Gasteiger partial charge in [-0.25, -0.2) is 0 Å². The van der Waals surface area contributed by atoms with Crippen LogP contribution in [-0.4, -0.2) is 50.1 Å². The molecule has 2 rings (SSSR count). The summed E-state index contributed by atoms with van der Waals surface area (Å²) in [7, 11) is 4.52. The first-order valence-corrected chi connectivity index (χ1v) is 5.13. The normalized spacial score (nSPS) is 39.5. The molecule has 2 atom stereocenters. The first-order chi connectivity index (χ1) is 5.75. The van der Waals surface area contributed by atoms with Gasteiger partial charge in [-0.1, -0.05) is 0 Å². The lowest BCUT2D eigenvalue weighted by Gasteiger charge is -2.14. The molecule has 0 bridgehead atoms. The molecule has 0 aromatic carbocycles. The van der Waals surface area contributed by atoms with Crippen molar-refractivity contribution in [3.05, 3.63) is 0 Å². The molecular weight excluding hydrogens is 148 g/mol. The van der Waals surface area contributed by atoms with Crippen LogP contribution in [0.5, 0.6) is 0 Å². The highest BCUT2D eigenvalue weighted by Crippen LogP contribution is 2.30. The molecule has 0 aliphatic carbocycles. The van der Waals surface area contributed by atoms with Gasteiger partial charge in [-0.05, 0) is 51.9 Å². The quantitative estimate of drug-likeness (QED) is 0.530. The summed E-state index contributed by atoms with van der Waals surface area (Å²) in [4.78, 5) is 4.99. The lowest BCUT2D eigenvalue weighted by molar-refractivity contribution is 0.315. The van der Waals surface area contributed by atoms with Crippen molar-refractivity contribution in [2.45, 2.75) is 12.8 Å². The molecule has 70 valence electrons. The van der Waals surface area contributed by atoms with E-state index in [1.807, 2.05) is 0 Å². The fourth-order valence-corrected chi connectivity index (χ4v) is 2.71. The third-order valence-corrected chi connectivity index (χ3v) is 3.52. The molecule has 0 spiro atoms. The maximum Gasteiger partial charge on any atom is 0.00103 e. The maximum atomic E-state index is 2.50. The second-order valence-electron chi connectivity index (χ2n) is 4.62. The van der Waals surface area contributed by atoms with Crippen LogP contribution in [0.4, 0.5) is 0 Å². The van der Waals surface area contributed by atoms with E-state index in [2.05, 4.69) is 23.9 Å². The van der Waals surface area contributed by atoms with Gasteiger partial charge in [0, 0.05) is 13.1 Å². The van der Waals surface area contributed by atoms with Gasteiger partial charge < -0.3 is 9.80 Å². The maximum absolute atomic E-state index is 2.50. The van der Waals surface area contributed by atoms with E-state index in [-0.39, 0.29) is 0 Å². The monoisotopic (exact) mass is 168 g/mol. The van der Waals surface area contributed by atoms with Gasteiger partial charge in [0.2, 0.25) is 0 Å². The van der Waals surface area contributed by atoms with E-state index in [9.17, 15) is 0 Å². The minimum absolute atomic E-state index is 1.000. The standard InChI is InChI=1S/C10H20N2/c1-11-5-3-9-7-12(2)8-10(9)4-6-11/h9-10H,3-8H2,1-2H3. The Bertz CT molecular complexity index is 142. The predicted octanol–water partition coefficient (Wildman–Crippen LogP) is 0.890. The highest BCUT2D eigenvalue weighted by Gasteiger charge is 2.32. The SMILES string of the molecule is CN1CCC2CN(C)CC2CC1. The second-order valence-corrected chi connectivity index (χ2v) is 4.62. The molecule has 2 aliphatic rings. The Morgan fingerprint density at radius 2 is 1.33 bits per heavy atom. The molecule has 0 amide bonds. The Hall–Kier alpha value is -0.0800. The summed E-state index contributed by atoms with van der Waals surface area (Å²) in [5.74, 6) is 2.00. The average molecular weight is 168 g/mol. The summed E-state index contributed by atoms with van der Waals surface area (Å²) in [6.45, 7) is 5.32. The molecular formula is C10H20N2. The highest BCUT2D eigenvalue weighted by atomic mass is 15.1. The highest BCUT2D eigenvalue weighted by molar-refractivity contribution is 4.85. The molecule has 2 heterocycles. The van der Waals surface area contributed by atoms with E-state index in [1.165, 1.54) is 39.0 Å². The Morgan fingerprint density at radius 1 is 0.833 bits per heavy atom. The van der Waals surface area contributed by atoms with Crippen LogP contribution in [0.2, 0.25) is 0 Å². The molecule has 2 nitrogen and oxygen atoms in total. The number of likely N-dealkylation sites (tertiary alicyclic amines) is 2. The van der Waals surface area contributed by atoms with E-state index in [1.54, 1.807) is 0 Å². The van der Waals surface area contributed by atoms with Crippen LogP contribution in [0.3, 0.4) is 0 Å². The molecule has 2 unspecified atom stereocenters. The van der Waals surface area contributed by atoms with Gasteiger partial charge >= 0.3 is 0 Å². The van der Waals surface area contributed by atoms with E-state index < -0.39 is 0 Å². The number of rotatable bonds is 0. The Labute approximate surface area is 75.5 Å². The number of hydrogen-bond acceptors (Lipinski definition) is 2. The minimum Gasteiger partial charge on any atom is -0.306 e. The van der Waals surface area contributed by atoms with Crippen LogP contribution in [0.25, 0.3) is 0 Å². The lowest BCUT2D eigenvalue weighted by atomic mass is 9.92. The fraction of sp³-hybridized carbons (Fsp3) is 1.00. The first-order valence-electron chi connectivity index (χ1n) is 5.13. The molecule has 2 aliphatic heterocycles. The van der Waals surface area contributed by atoms with Crippen molar-refractivity contribution in [2.24, 2.45) is 11.8 Å². The smallest absolute Gasteiger partial charge is 0.00103 e. The van der Waals surface area contributed by atoms with Crippen molar-refractivity contribution in [3.8, 4) is 0 Å². The van der Waals surface area contributed by atoms with E-state index in [4.69, 9.17) is 0 Å². The van der Waals surface area contributed by atoms with Gasteiger partial charge in [-0.3, -0.25) is 0 Å². The van der Waals surface area contributed by atoms with Gasteiger partial charge in [0.15, 0.2) is 0 Å². The third kappa shape index (κ3) is 1.64. The van der Waals surface area contributed by atoms with Crippen LogP contribution >= 0.6 is 0 Å². The van der Waals surface area contributed by atoms with Gasteiger partial charge in [0.1, 0.15) is 0 Å². The topological polar surface area (TPSA) is 6.48 Å². The first kappa shape index (κ1) is 8.52. The predicted molar refractivity (Wildman–Crippen MR) is 51.2 cm³/mol.